The van der Waals surface area contributed by atoms with Gasteiger partial charge in [-0.2, -0.15) is 0 Å². The second kappa shape index (κ2) is 7.83. The van der Waals surface area contributed by atoms with Crippen LogP contribution in [0.2, 0.25) is 0 Å². The van der Waals surface area contributed by atoms with Gasteiger partial charge in [-0.1, -0.05) is 42.0 Å². The fourth-order valence-electron chi connectivity index (χ4n) is 3.33. The highest BCUT2D eigenvalue weighted by molar-refractivity contribution is 6.46. The lowest BCUT2D eigenvalue weighted by molar-refractivity contribution is -0.120. The van der Waals surface area contributed by atoms with Crippen molar-refractivity contribution >= 4 is 28.8 Å². The topological polar surface area (TPSA) is 58.6 Å². The first kappa shape index (κ1) is 19.4. The fraction of sp³-hybridized carbons (Fsp3) is 0.0833. The Morgan fingerprint density at radius 3 is 2.33 bits per heavy atom. The third-order valence-electron chi connectivity index (χ3n) is 4.83. The fourth-order valence-corrected chi connectivity index (χ4v) is 3.33. The summed E-state index contributed by atoms with van der Waals surface area (Å²) in [5, 5.41) is 2.95. The third-order valence-corrected chi connectivity index (χ3v) is 4.83. The maximum Gasteiger partial charge on any atom is 0.282 e. The lowest BCUT2D eigenvalue weighted by Crippen LogP contribution is -2.32. The number of hydrogen-bond acceptors (Lipinski definition) is 4. The number of nitrogens with one attached hydrogen (secondary N) is 1. The summed E-state index contributed by atoms with van der Waals surface area (Å²) in [5.74, 6) is -0.903. The highest BCUT2D eigenvalue weighted by atomic mass is 19.1. The number of carbonyl (C=O) groups is 2. The van der Waals surface area contributed by atoms with Crippen LogP contribution < -0.4 is 15.0 Å². The molecule has 0 aromatic heterocycles. The molecule has 2 amide bonds. The van der Waals surface area contributed by atoms with Crippen molar-refractivity contribution in [3.8, 4) is 5.75 Å². The van der Waals surface area contributed by atoms with Crippen LogP contribution in [0.5, 0.6) is 5.75 Å². The number of ether oxygens (including phenoxy) is 1. The van der Waals surface area contributed by atoms with Crippen molar-refractivity contribution in [2.45, 2.75) is 6.92 Å². The summed E-state index contributed by atoms with van der Waals surface area (Å²) in [6.45, 7) is 1.94. The zero-order valence-electron chi connectivity index (χ0n) is 16.5. The standard InChI is InChI=1S/C24H19FN2O3/c1-15-9-11-16(12-10-15)21-22(26-18-6-3-5-17(25)13-18)24(29)27(23(21)28)19-7-4-8-20(14-19)30-2/h3-14,26H,1-2H3. The molecule has 0 fully saturated rings. The van der Waals surface area contributed by atoms with E-state index in [1.807, 2.05) is 19.1 Å². The predicted octanol–water partition coefficient (Wildman–Crippen LogP) is 4.54. The van der Waals surface area contributed by atoms with Crippen molar-refractivity contribution in [3.63, 3.8) is 0 Å². The number of nitrogens with zero attached hydrogens (tertiary/aromatic N) is 1. The average Bonchev–Trinajstić information content (AvgIpc) is 2.98. The summed E-state index contributed by atoms with van der Waals surface area (Å²) in [6.07, 6.45) is 0. The molecule has 3 aromatic carbocycles. The molecule has 0 aliphatic carbocycles. The Bertz CT molecular complexity index is 1170. The second-order valence-electron chi connectivity index (χ2n) is 6.90. The van der Waals surface area contributed by atoms with Crippen molar-refractivity contribution in [2.24, 2.45) is 0 Å². The molecule has 5 nitrogen and oxygen atoms in total. The number of anilines is 2. The van der Waals surface area contributed by atoms with Crippen LogP contribution >= 0.6 is 0 Å². The Morgan fingerprint density at radius 2 is 1.63 bits per heavy atom. The van der Waals surface area contributed by atoms with Gasteiger partial charge >= 0.3 is 0 Å². The van der Waals surface area contributed by atoms with Crippen LogP contribution in [0.25, 0.3) is 5.57 Å². The smallest absolute Gasteiger partial charge is 0.282 e. The quantitative estimate of drug-likeness (QED) is 0.637. The van der Waals surface area contributed by atoms with Crippen LogP contribution in [0.3, 0.4) is 0 Å². The Labute approximate surface area is 173 Å². The maximum absolute atomic E-state index is 13.7. The summed E-state index contributed by atoms with van der Waals surface area (Å²) < 4.78 is 18.9. The number of rotatable bonds is 5. The SMILES string of the molecule is COc1cccc(N2C(=O)C(Nc3cccc(F)c3)=C(c3ccc(C)cc3)C2=O)c1. The van der Waals surface area contributed by atoms with E-state index in [-0.39, 0.29) is 11.3 Å². The minimum atomic E-state index is -0.520. The highest BCUT2D eigenvalue weighted by Gasteiger charge is 2.40. The van der Waals surface area contributed by atoms with E-state index in [2.05, 4.69) is 5.32 Å². The normalized spacial score (nSPS) is 13.8. The van der Waals surface area contributed by atoms with Crippen molar-refractivity contribution < 1.29 is 18.7 Å². The van der Waals surface area contributed by atoms with Crippen LogP contribution in [-0.4, -0.2) is 18.9 Å². The van der Waals surface area contributed by atoms with Gasteiger partial charge in [0.1, 0.15) is 17.3 Å². The van der Waals surface area contributed by atoms with Crippen LogP contribution in [0.4, 0.5) is 15.8 Å². The van der Waals surface area contributed by atoms with E-state index < -0.39 is 17.6 Å². The van der Waals surface area contributed by atoms with Gasteiger partial charge in [0.15, 0.2) is 0 Å². The minimum Gasteiger partial charge on any atom is -0.497 e. The monoisotopic (exact) mass is 402 g/mol. The van der Waals surface area contributed by atoms with Gasteiger partial charge in [-0.05, 0) is 42.8 Å². The van der Waals surface area contributed by atoms with E-state index >= 15 is 0 Å². The van der Waals surface area contributed by atoms with Crippen molar-refractivity contribution in [3.05, 3.63) is 95.4 Å². The molecule has 1 N–H and O–H groups in total. The average molecular weight is 402 g/mol. The molecule has 150 valence electrons. The van der Waals surface area contributed by atoms with Crippen molar-refractivity contribution in [1.29, 1.82) is 0 Å². The molecule has 1 heterocycles. The summed E-state index contributed by atoms with van der Waals surface area (Å²) in [4.78, 5) is 27.8. The van der Waals surface area contributed by atoms with Gasteiger partial charge in [0.2, 0.25) is 0 Å². The van der Waals surface area contributed by atoms with Gasteiger partial charge in [-0.25, -0.2) is 9.29 Å². The molecule has 0 unspecified atom stereocenters. The summed E-state index contributed by atoms with van der Waals surface area (Å²) in [7, 11) is 1.51. The lowest BCUT2D eigenvalue weighted by Gasteiger charge is -2.16. The first-order valence-electron chi connectivity index (χ1n) is 9.34. The molecule has 0 saturated carbocycles. The van der Waals surface area contributed by atoms with E-state index in [4.69, 9.17) is 4.74 Å². The largest absolute Gasteiger partial charge is 0.497 e. The highest BCUT2D eigenvalue weighted by Crippen LogP contribution is 2.35. The van der Waals surface area contributed by atoms with E-state index in [0.717, 1.165) is 10.5 Å². The number of methoxy groups -OCH3 is 1. The first-order chi connectivity index (χ1) is 14.5. The molecule has 30 heavy (non-hydrogen) atoms. The van der Waals surface area contributed by atoms with Crippen LogP contribution in [0.1, 0.15) is 11.1 Å². The molecule has 1 aliphatic heterocycles. The van der Waals surface area contributed by atoms with E-state index in [0.29, 0.717) is 22.7 Å². The number of halogens is 1. The number of hydrogen-bond donors (Lipinski definition) is 1. The molecule has 0 bridgehead atoms. The summed E-state index contributed by atoms with van der Waals surface area (Å²) in [6, 6.07) is 19.8. The maximum atomic E-state index is 13.7. The van der Waals surface area contributed by atoms with E-state index in [1.165, 1.54) is 25.3 Å². The second-order valence-corrected chi connectivity index (χ2v) is 6.90. The zero-order valence-corrected chi connectivity index (χ0v) is 16.5. The molecule has 0 atom stereocenters. The number of imide groups is 1. The molecule has 1 aliphatic rings. The molecular formula is C24H19FN2O3. The Balaban J connectivity index is 1.82. The van der Waals surface area contributed by atoms with Crippen molar-refractivity contribution in [2.75, 3.05) is 17.3 Å². The molecule has 6 heteroatoms. The van der Waals surface area contributed by atoms with Gasteiger partial charge in [-0.15, -0.1) is 0 Å². The third kappa shape index (κ3) is 3.55. The number of carbonyl (C=O) groups excluding carboxylic acids is 2. The van der Waals surface area contributed by atoms with Gasteiger partial charge < -0.3 is 10.1 Å². The van der Waals surface area contributed by atoms with Crippen molar-refractivity contribution in [1.82, 2.24) is 0 Å². The van der Waals surface area contributed by atoms with Crippen LogP contribution in [0.15, 0.2) is 78.5 Å². The summed E-state index contributed by atoms with van der Waals surface area (Å²) in [5.41, 5.74) is 2.72. The lowest BCUT2D eigenvalue weighted by atomic mass is 10.0. The number of benzene rings is 3. The molecule has 0 saturated heterocycles. The minimum absolute atomic E-state index is 0.0947. The van der Waals surface area contributed by atoms with Crippen LogP contribution in [0, 0.1) is 12.7 Å². The van der Waals surface area contributed by atoms with E-state index in [9.17, 15) is 14.0 Å². The summed E-state index contributed by atoms with van der Waals surface area (Å²) >= 11 is 0. The molecule has 4 rings (SSSR count). The molecule has 0 spiro atoms. The zero-order chi connectivity index (χ0) is 21.3. The molecule has 0 radical (unpaired) electrons. The first-order valence-corrected chi connectivity index (χ1v) is 9.34. The number of amides is 2. The Kier molecular flexibility index (Phi) is 5.06. The van der Waals surface area contributed by atoms with Gasteiger partial charge in [0, 0.05) is 11.8 Å². The molecular weight excluding hydrogens is 383 g/mol. The van der Waals surface area contributed by atoms with E-state index in [1.54, 1.807) is 42.5 Å². The van der Waals surface area contributed by atoms with Gasteiger partial charge in [0.05, 0.1) is 18.4 Å². The number of aryl methyl sites for hydroxylation is 1. The van der Waals surface area contributed by atoms with Gasteiger partial charge in [-0.3, -0.25) is 9.59 Å². The Hall–Kier alpha value is -3.93. The van der Waals surface area contributed by atoms with Crippen LogP contribution in [-0.2, 0) is 9.59 Å². The predicted molar refractivity (Wildman–Crippen MR) is 114 cm³/mol. The Morgan fingerprint density at radius 1 is 0.900 bits per heavy atom. The van der Waals surface area contributed by atoms with Gasteiger partial charge in [0.25, 0.3) is 11.8 Å². The molecule has 3 aromatic rings.